The normalized spacial score (nSPS) is 17.0. The molecule has 1 aromatic carbocycles. The van der Waals surface area contributed by atoms with Crippen LogP contribution in [0.4, 0.5) is 0 Å². The van der Waals surface area contributed by atoms with E-state index in [2.05, 4.69) is 30.7 Å². The molecule has 3 heterocycles. The fraction of sp³-hybridized carbons (Fsp3) is 0.520. The van der Waals surface area contributed by atoms with E-state index in [4.69, 9.17) is 0 Å². The van der Waals surface area contributed by atoms with E-state index >= 15 is 0 Å². The summed E-state index contributed by atoms with van der Waals surface area (Å²) in [5.41, 5.74) is 0.667. The first-order valence-corrected chi connectivity index (χ1v) is 12.7. The number of aromatic nitrogens is 5. The molecule has 1 saturated heterocycles. The molecule has 11 heteroatoms. The van der Waals surface area contributed by atoms with Crippen LogP contribution in [-0.4, -0.2) is 74.4 Å². The molecule has 2 aromatic heterocycles. The van der Waals surface area contributed by atoms with Gasteiger partial charge in [-0.25, -0.2) is 9.78 Å². The van der Waals surface area contributed by atoms with Crippen molar-refractivity contribution in [3.8, 4) is 11.4 Å². The second kappa shape index (κ2) is 10.7. The van der Waals surface area contributed by atoms with Gasteiger partial charge >= 0.3 is 5.69 Å². The van der Waals surface area contributed by atoms with E-state index in [0.29, 0.717) is 17.7 Å². The molecule has 0 radical (unpaired) electrons. The lowest BCUT2D eigenvalue weighted by Gasteiger charge is -2.27. The van der Waals surface area contributed by atoms with E-state index in [1.807, 2.05) is 0 Å². The molecular weight excluding hydrogens is 460 g/mol. The van der Waals surface area contributed by atoms with Gasteiger partial charge < -0.3 is 15.5 Å². The molecule has 36 heavy (non-hydrogen) atoms. The lowest BCUT2D eigenvalue weighted by atomic mass is 10.1. The van der Waals surface area contributed by atoms with Crippen molar-refractivity contribution >= 4 is 17.1 Å². The summed E-state index contributed by atoms with van der Waals surface area (Å²) in [7, 11) is 1.47. The number of carbonyl (C=O) groups is 1. The molecule has 0 atom stereocenters. The van der Waals surface area contributed by atoms with Gasteiger partial charge in [-0.3, -0.25) is 18.7 Å². The molecule has 1 saturated carbocycles. The molecule has 1 amide bonds. The van der Waals surface area contributed by atoms with Crippen molar-refractivity contribution in [3.63, 3.8) is 0 Å². The summed E-state index contributed by atoms with van der Waals surface area (Å²) in [6, 6.07) is 6.92. The molecule has 0 unspecified atom stereocenters. The predicted molar refractivity (Wildman–Crippen MR) is 136 cm³/mol. The molecular formula is C25H32N8O3. The van der Waals surface area contributed by atoms with Gasteiger partial charge in [0.1, 0.15) is 0 Å². The number of benzene rings is 1. The molecule has 3 aromatic rings. The molecule has 1 aliphatic carbocycles. The SMILES string of the molecule is Cn1c(=O)c2nc(-c3ccc(C(=O)NCCCN4CCNCC4)cc3)nnc2n(C2CCCC2)c1=O. The maximum atomic E-state index is 12.8. The highest BCUT2D eigenvalue weighted by Gasteiger charge is 2.24. The zero-order chi connectivity index (χ0) is 25.1. The van der Waals surface area contributed by atoms with Gasteiger partial charge in [0.25, 0.3) is 11.5 Å². The third-order valence-corrected chi connectivity index (χ3v) is 7.14. The first-order valence-electron chi connectivity index (χ1n) is 12.7. The Kier molecular flexibility index (Phi) is 7.19. The van der Waals surface area contributed by atoms with Gasteiger partial charge in [-0.15, -0.1) is 10.2 Å². The Hall–Kier alpha value is -3.44. The van der Waals surface area contributed by atoms with E-state index in [1.54, 1.807) is 28.8 Å². The summed E-state index contributed by atoms with van der Waals surface area (Å²) in [5, 5.41) is 14.8. The molecule has 2 N–H and O–H groups in total. The molecule has 2 fully saturated rings. The van der Waals surface area contributed by atoms with E-state index < -0.39 is 5.56 Å². The van der Waals surface area contributed by atoms with Gasteiger partial charge in [0, 0.05) is 56.9 Å². The first kappa shape index (κ1) is 24.3. The van der Waals surface area contributed by atoms with Crippen molar-refractivity contribution < 1.29 is 4.79 Å². The number of hydrogen-bond donors (Lipinski definition) is 2. The maximum Gasteiger partial charge on any atom is 0.332 e. The lowest BCUT2D eigenvalue weighted by molar-refractivity contribution is 0.0951. The van der Waals surface area contributed by atoms with Crippen molar-refractivity contribution in [2.24, 2.45) is 7.05 Å². The van der Waals surface area contributed by atoms with Crippen LogP contribution in [0.15, 0.2) is 33.9 Å². The number of hydrogen-bond acceptors (Lipinski definition) is 8. The number of rotatable bonds is 7. The maximum absolute atomic E-state index is 12.8. The predicted octanol–water partition coefficient (Wildman–Crippen LogP) is 0.692. The zero-order valence-electron chi connectivity index (χ0n) is 20.6. The highest BCUT2D eigenvalue weighted by atomic mass is 16.2. The topological polar surface area (TPSA) is 127 Å². The molecule has 1 aliphatic heterocycles. The highest BCUT2D eigenvalue weighted by molar-refractivity contribution is 5.94. The second-order valence-corrected chi connectivity index (χ2v) is 9.54. The fourth-order valence-electron chi connectivity index (χ4n) is 5.05. The summed E-state index contributed by atoms with van der Waals surface area (Å²) in [4.78, 5) is 45.1. The Morgan fingerprint density at radius 2 is 1.81 bits per heavy atom. The number of piperazine rings is 1. The van der Waals surface area contributed by atoms with Gasteiger partial charge in [0.2, 0.25) is 0 Å². The summed E-state index contributed by atoms with van der Waals surface area (Å²) in [5.74, 6) is 0.146. The summed E-state index contributed by atoms with van der Waals surface area (Å²) in [6.45, 7) is 5.72. The third-order valence-electron chi connectivity index (χ3n) is 7.14. The van der Waals surface area contributed by atoms with Crippen LogP contribution in [-0.2, 0) is 7.05 Å². The Morgan fingerprint density at radius 1 is 1.08 bits per heavy atom. The van der Waals surface area contributed by atoms with Crippen LogP contribution in [0.3, 0.4) is 0 Å². The molecule has 0 spiro atoms. The van der Waals surface area contributed by atoms with Crippen LogP contribution in [0.1, 0.15) is 48.5 Å². The van der Waals surface area contributed by atoms with Crippen molar-refractivity contribution in [2.45, 2.75) is 38.1 Å². The number of nitrogens with one attached hydrogen (secondary N) is 2. The van der Waals surface area contributed by atoms with Gasteiger partial charge in [-0.2, -0.15) is 0 Å². The van der Waals surface area contributed by atoms with Gasteiger partial charge in [0.05, 0.1) is 0 Å². The molecule has 11 nitrogen and oxygen atoms in total. The summed E-state index contributed by atoms with van der Waals surface area (Å²) >= 11 is 0. The lowest BCUT2D eigenvalue weighted by Crippen LogP contribution is -2.44. The van der Waals surface area contributed by atoms with Crippen LogP contribution in [0.25, 0.3) is 22.6 Å². The average molecular weight is 493 g/mol. The molecule has 0 bridgehead atoms. The van der Waals surface area contributed by atoms with Gasteiger partial charge in [0.15, 0.2) is 17.0 Å². The number of amides is 1. The largest absolute Gasteiger partial charge is 0.352 e. The summed E-state index contributed by atoms with van der Waals surface area (Å²) in [6.07, 6.45) is 4.72. The van der Waals surface area contributed by atoms with E-state index in [9.17, 15) is 14.4 Å². The Bertz CT molecular complexity index is 1350. The monoisotopic (exact) mass is 492 g/mol. The smallest absolute Gasteiger partial charge is 0.332 e. The Balaban J connectivity index is 1.30. The second-order valence-electron chi connectivity index (χ2n) is 9.54. The molecule has 5 rings (SSSR count). The van der Waals surface area contributed by atoms with Crippen molar-refractivity contribution in [1.82, 2.24) is 39.8 Å². The standard InChI is InChI=1S/C25H32N8O3/c1-31-24(35)20-22(33(25(31)36)19-5-2-3-6-19)30-29-21(28-20)17-7-9-18(10-8-17)23(34)27-11-4-14-32-15-12-26-13-16-32/h7-10,19,26H,2-6,11-16H2,1H3,(H,27,34). The van der Waals surface area contributed by atoms with Crippen molar-refractivity contribution in [2.75, 3.05) is 39.3 Å². The van der Waals surface area contributed by atoms with Crippen LogP contribution in [0.2, 0.25) is 0 Å². The Morgan fingerprint density at radius 3 is 2.53 bits per heavy atom. The van der Waals surface area contributed by atoms with Crippen molar-refractivity contribution in [1.29, 1.82) is 0 Å². The molecule has 190 valence electrons. The minimum absolute atomic E-state index is 0.00315. The van der Waals surface area contributed by atoms with Gasteiger partial charge in [-0.05, 0) is 37.9 Å². The number of nitrogens with zero attached hydrogens (tertiary/aromatic N) is 6. The first-order chi connectivity index (χ1) is 17.5. The highest BCUT2D eigenvalue weighted by Crippen LogP contribution is 2.29. The minimum atomic E-state index is -0.489. The number of carbonyl (C=O) groups excluding carboxylic acids is 1. The van der Waals surface area contributed by atoms with E-state index in [0.717, 1.165) is 69.4 Å². The zero-order valence-corrected chi connectivity index (χ0v) is 20.6. The minimum Gasteiger partial charge on any atom is -0.352 e. The quantitative estimate of drug-likeness (QED) is 0.462. The Labute approximate surface area is 208 Å². The van der Waals surface area contributed by atoms with E-state index in [-0.39, 0.29) is 34.6 Å². The fourth-order valence-corrected chi connectivity index (χ4v) is 5.05. The van der Waals surface area contributed by atoms with Crippen LogP contribution >= 0.6 is 0 Å². The van der Waals surface area contributed by atoms with Crippen molar-refractivity contribution in [3.05, 3.63) is 50.7 Å². The van der Waals surface area contributed by atoms with E-state index in [1.165, 1.54) is 7.05 Å². The van der Waals surface area contributed by atoms with Crippen LogP contribution in [0, 0.1) is 0 Å². The number of fused-ring (bicyclic) bond motifs is 1. The average Bonchev–Trinajstić information content (AvgIpc) is 3.45. The molecule has 2 aliphatic rings. The summed E-state index contributed by atoms with van der Waals surface area (Å²) < 4.78 is 2.66. The van der Waals surface area contributed by atoms with Gasteiger partial charge in [-0.1, -0.05) is 25.0 Å². The third kappa shape index (κ3) is 4.93. The van der Waals surface area contributed by atoms with Crippen LogP contribution in [0.5, 0.6) is 0 Å². The van der Waals surface area contributed by atoms with Crippen LogP contribution < -0.4 is 21.9 Å².